The van der Waals surface area contributed by atoms with Crippen molar-refractivity contribution in [3.05, 3.63) is 70.0 Å². The number of pyridine rings is 1. The van der Waals surface area contributed by atoms with Gasteiger partial charge in [0.2, 0.25) is 0 Å². The van der Waals surface area contributed by atoms with Crippen LogP contribution in [0, 0.1) is 6.92 Å². The average Bonchev–Trinajstić information content (AvgIpc) is 3.38. The minimum Gasteiger partial charge on any atom is -0.297 e. The summed E-state index contributed by atoms with van der Waals surface area (Å²) in [5.74, 6) is 0.578. The number of benzene rings is 1. The molecule has 8 nitrogen and oxygen atoms in total. The highest BCUT2D eigenvalue weighted by molar-refractivity contribution is 5.76. The second-order valence-electron chi connectivity index (χ2n) is 7.24. The van der Waals surface area contributed by atoms with E-state index < -0.39 is 0 Å². The van der Waals surface area contributed by atoms with Gasteiger partial charge >= 0.3 is 5.69 Å². The number of nitrogens with zero attached hydrogens (tertiary/aromatic N) is 6. The molecule has 0 radical (unpaired) electrons. The molecule has 154 valence electrons. The first kappa shape index (κ1) is 19.8. The number of aromatic amines is 1. The van der Waals surface area contributed by atoms with E-state index in [1.807, 2.05) is 59.4 Å². The molecule has 0 saturated heterocycles. The molecule has 0 bridgehead atoms. The van der Waals surface area contributed by atoms with Gasteiger partial charge in [-0.15, -0.1) is 5.10 Å². The van der Waals surface area contributed by atoms with E-state index in [4.69, 9.17) is 0 Å². The molecule has 0 aliphatic carbocycles. The lowest BCUT2D eigenvalue weighted by Crippen LogP contribution is -2.25. The van der Waals surface area contributed by atoms with Crippen LogP contribution in [0.4, 0.5) is 0 Å². The van der Waals surface area contributed by atoms with Crippen molar-refractivity contribution in [2.75, 3.05) is 0 Å². The molecule has 1 aromatic carbocycles. The van der Waals surface area contributed by atoms with Crippen molar-refractivity contribution in [1.29, 1.82) is 0 Å². The Morgan fingerprint density at radius 1 is 1.07 bits per heavy atom. The molecule has 3 aromatic heterocycles. The van der Waals surface area contributed by atoms with E-state index in [2.05, 4.69) is 32.5 Å². The maximum absolute atomic E-state index is 12.9. The number of tetrazole rings is 1. The van der Waals surface area contributed by atoms with Crippen molar-refractivity contribution in [1.82, 2.24) is 34.7 Å². The Balaban J connectivity index is 1.66. The van der Waals surface area contributed by atoms with Gasteiger partial charge in [0.05, 0.1) is 12.2 Å². The fourth-order valence-electron chi connectivity index (χ4n) is 3.89. The second-order valence-corrected chi connectivity index (χ2v) is 7.24. The zero-order chi connectivity index (χ0) is 21.1. The number of hydrogen-bond acceptors (Lipinski definition) is 5. The van der Waals surface area contributed by atoms with Gasteiger partial charge in [-0.05, 0) is 48.4 Å². The summed E-state index contributed by atoms with van der Waals surface area (Å²) in [5, 5.41) is 14.1. The Morgan fingerprint density at radius 3 is 2.53 bits per heavy atom. The highest BCUT2D eigenvalue weighted by Gasteiger charge is 2.16. The summed E-state index contributed by atoms with van der Waals surface area (Å²) < 4.78 is 3.76. The minimum atomic E-state index is 0.0624. The van der Waals surface area contributed by atoms with E-state index >= 15 is 0 Å². The molecular weight excluding hydrogens is 378 g/mol. The molecule has 4 aromatic rings. The van der Waals surface area contributed by atoms with Crippen molar-refractivity contribution >= 4 is 0 Å². The summed E-state index contributed by atoms with van der Waals surface area (Å²) in [7, 11) is 0. The average molecular weight is 403 g/mol. The third-order valence-corrected chi connectivity index (χ3v) is 5.39. The van der Waals surface area contributed by atoms with Crippen LogP contribution in [0.15, 0.2) is 47.4 Å². The van der Waals surface area contributed by atoms with Crippen LogP contribution in [-0.2, 0) is 19.5 Å². The molecule has 0 atom stereocenters. The van der Waals surface area contributed by atoms with Crippen LogP contribution in [0.25, 0.3) is 22.6 Å². The number of H-pyrrole nitrogens is 1. The van der Waals surface area contributed by atoms with Crippen molar-refractivity contribution in [2.24, 2.45) is 0 Å². The molecule has 4 rings (SSSR count). The third kappa shape index (κ3) is 3.56. The Hall–Kier alpha value is -3.55. The van der Waals surface area contributed by atoms with Crippen LogP contribution in [-0.4, -0.2) is 34.7 Å². The standard InChI is InChI=1S/C22H25N7O/c1-4-7-19-15(3)28(5-2)22(30)29(19)14-16-9-11-17(12-10-16)20-18(8-6-13-23-20)21-24-26-27-25-21/h6,8-13H,4-5,7,14H2,1-3H3,(H,24,25,26,27). The molecule has 30 heavy (non-hydrogen) atoms. The van der Waals surface area contributed by atoms with Gasteiger partial charge in [0.1, 0.15) is 0 Å². The highest BCUT2D eigenvalue weighted by atomic mass is 16.1. The van der Waals surface area contributed by atoms with Crippen LogP contribution in [0.5, 0.6) is 0 Å². The van der Waals surface area contributed by atoms with Crippen LogP contribution < -0.4 is 5.69 Å². The number of nitrogens with one attached hydrogen (secondary N) is 1. The molecule has 0 fully saturated rings. The predicted octanol–water partition coefficient (Wildman–Crippen LogP) is 3.22. The summed E-state index contributed by atoms with van der Waals surface area (Å²) in [6.07, 6.45) is 3.66. The van der Waals surface area contributed by atoms with E-state index in [9.17, 15) is 4.79 Å². The first-order chi connectivity index (χ1) is 14.6. The quantitative estimate of drug-likeness (QED) is 0.511. The first-order valence-electron chi connectivity index (χ1n) is 10.2. The predicted molar refractivity (Wildman–Crippen MR) is 115 cm³/mol. The van der Waals surface area contributed by atoms with Crippen molar-refractivity contribution in [2.45, 2.75) is 46.7 Å². The SMILES string of the molecule is CCCc1c(C)n(CC)c(=O)n1Cc1ccc(-c2ncccc2-c2nnn[nH]2)cc1. The molecule has 0 spiro atoms. The molecule has 0 aliphatic rings. The second kappa shape index (κ2) is 8.44. The normalized spacial score (nSPS) is 11.2. The largest absolute Gasteiger partial charge is 0.328 e. The molecule has 0 aliphatic heterocycles. The zero-order valence-corrected chi connectivity index (χ0v) is 17.5. The van der Waals surface area contributed by atoms with Gasteiger partial charge in [-0.1, -0.05) is 37.6 Å². The molecule has 0 amide bonds. The number of imidazole rings is 1. The van der Waals surface area contributed by atoms with Crippen LogP contribution in [0.3, 0.4) is 0 Å². The smallest absolute Gasteiger partial charge is 0.297 e. The lowest BCUT2D eigenvalue weighted by atomic mass is 10.0. The highest BCUT2D eigenvalue weighted by Crippen LogP contribution is 2.27. The Labute approximate surface area is 174 Å². The number of rotatable bonds is 7. The van der Waals surface area contributed by atoms with E-state index in [1.54, 1.807) is 6.20 Å². The van der Waals surface area contributed by atoms with Gasteiger partial charge in [0, 0.05) is 35.3 Å². The summed E-state index contributed by atoms with van der Waals surface area (Å²) in [6.45, 7) is 7.44. The zero-order valence-electron chi connectivity index (χ0n) is 17.5. The van der Waals surface area contributed by atoms with Gasteiger partial charge in [0.15, 0.2) is 5.82 Å². The fraction of sp³-hybridized carbons (Fsp3) is 0.318. The Bertz CT molecular complexity index is 1190. The molecular formula is C22H25N7O. The lowest BCUT2D eigenvalue weighted by molar-refractivity contribution is 0.650. The Morgan fingerprint density at radius 2 is 1.87 bits per heavy atom. The maximum atomic E-state index is 12.9. The van der Waals surface area contributed by atoms with Crippen molar-refractivity contribution < 1.29 is 0 Å². The summed E-state index contributed by atoms with van der Waals surface area (Å²) >= 11 is 0. The van der Waals surface area contributed by atoms with Gasteiger partial charge in [-0.3, -0.25) is 14.1 Å². The van der Waals surface area contributed by atoms with Gasteiger partial charge in [-0.25, -0.2) is 9.89 Å². The molecule has 8 heteroatoms. The first-order valence-corrected chi connectivity index (χ1v) is 10.2. The van der Waals surface area contributed by atoms with Crippen LogP contribution >= 0.6 is 0 Å². The fourth-order valence-corrected chi connectivity index (χ4v) is 3.89. The molecule has 3 heterocycles. The van der Waals surface area contributed by atoms with E-state index in [-0.39, 0.29) is 5.69 Å². The van der Waals surface area contributed by atoms with Gasteiger partial charge in [0.25, 0.3) is 0 Å². The Kier molecular flexibility index (Phi) is 5.56. The molecule has 0 saturated carbocycles. The summed E-state index contributed by atoms with van der Waals surface area (Å²) in [5.41, 5.74) is 5.94. The number of aromatic nitrogens is 7. The monoisotopic (exact) mass is 403 g/mol. The minimum absolute atomic E-state index is 0.0624. The summed E-state index contributed by atoms with van der Waals surface area (Å²) in [6, 6.07) is 11.9. The van der Waals surface area contributed by atoms with E-state index in [1.165, 1.54) is 0 Å². The maximum Gasteiger partial charge on any atom is 0.328 e. The van der Waals surface area contributed by atoms with Crippen molar-refractivity contribution in [3.8, 4) is 22.6 Å². The van der Waals surface area contributed by atoms with E-state index in [0.717, 1.165) is 46.6 Å². The van der Waals surface area contributed by atoms with Crippen LogP contribution in [0.2, 0.25) is 0 Å². The van der Waals surface area contributed by atoms with Gasteiger partial charge in [-0.2, -0.15) is 0 Å². The third-order valence-electron chi connectivity index (χ3n) is 5.39. The number of hydrogen-bond donors (Lipinski definition) is 1. The van der Waals surface area contributed by atoms with Crippen molar-refractivity contribution in [3.63, 3.8) is 0 Å². The topological polar surface area (TPSA) is 94.3 Å². The lowest BCUT2D eigenvalue weighted by Gasteiger charge is -2.10. The van der Waals surface area contributed by atoms with E-state index in [0.29, 0.717) is 18.9 Å². The van der Waals surface area contributed by atoms with Crippen LogP contribution in [0.1, 0.15) is 37.2 Å². The molecule has 0 unspecified atom stereocenters. The van der Waals surface area contributed by atoms with Gasteiger partial charge < -0.3 is 0 Å². The summed E-state index contributed by atoms with van der Waals surface area (Å²) in [4.78, 5) is 17.4. The molecule has 1 N–H and O–H groups in total.